The zero-order chi connectivity index (χ0) is 12.2. The monoisotopic (exact) mass is 462 g/mol. The van der Waals surface area contributed by atoms with Gasteiger partial charge in [-0.1, -0.05) is 23.8 Å². The first-order valence-electron chi connectivity index (χ1n) is 4.72. The highest BCUT2D eigenvalue weighted by molar-refractivity contribution is 14.2. The molecule has 2 nitrogen and oxygen atoms in total. The normalized spacial score (nSPS) is 11.2. The molecule has 0 N–H and O–H groups in total. The Morgan fingerprint density at radius 2 is 1.81 bits per heavy atom. The third-order valence-corrected chi connectivity index (χ3v) is 4.71. The summed E-state index contributed by atoms with van der Waals surface area (Å²) in [6.45, 7) is 1.94. The maximum absolute atomic E-state index is 11.9. The molecule has 88 valence electrons. The van der Waals surface area contributed by atoms with Crippen molar-refractivity contribution < 1.29 is 8.42 Å². The lowest BCUT2D eigenvalue weighted by molar-refractivity contribution is 0.595. The number of hydrogen-bond acceptors (Lipinski definition) is 2. The van der Waals surface area contributed by atoms with Gasteiger partial charge >= 0.3 is 0 Å². The lowest BCUT2D eigenvalue weighted by Crippen LogP contribution is -2.05. The van der Waals surface area contributed by atoms with Gasteiger partial charge in [-0.05, 0) is 70.7 Å². The lowest BCUT2D eigenvalue weighted by atomic mass is 10.2. The summed E-state index contributed by atoms with van der Waals surface area (Å²) >= 11 is 4.33. The molecule has 5 heteroatoms. The van der Waals surface area contributed by atoms with E-state index < -0.39 is 9.84 Å². The van der Waals surface area contributed by atoms with Crippen LogP contribution in [0.1, 0.15) is 12.0 Å². The van der Waals surface area contributed by atoms with E-state index in [1.165, 1.54) is 0 Å². The van der Waals surface area contributed by atoms with Gasteiger partial charge in [0.25, 0.3) is 0 Å². The van der Waals surface area contributed by atoms with Crippen molar-refractivity contribution >= 4 is 55.0 Å². The van der Waals surface area contributed by atoms with Crippen LogP contribution >= 0.6 is 45.2 Å². The van der Waals surface area contributed by atoms with E-state index in [2.05, 4.69) is 45.2 Å². The van der Waals surface area contributed by atoms with Crippen LogP contribution in [0.2, 0.25) is 0 Å². The number of benzene rings is 1. The summed E-state index contributed by atoms with van der Waals surface area (Å²) in [5.74, 6) is 0.172. The summed E-state index contributed by atoms with van der Waals surface area (Å²) in [6.07, 6.45) is 2.49. The molecule has 0 radical (unpaired) electrons. The highest BCUT2D eigenvalue weighted by atomic mass is 127. The number of rotatable bonds is 4. The summed E-state index contributed by atoms with van der Waals surface area (Å²) in [4.78, 5) is 0.412. The van der Waals surface area contributed by atoms with Gasteiger partial charge in [-0.25, -0.2) is 8.42 Å². The first-order chi connectivity index (χ1) is 7.42. The van der Waals surface area contributed by atoms with Crippen LogP contribution in [-0.2, 0) is 9.84 Å². The van der Waals surface area contributed by atoms with Crippen molar-refractivity contribution in [1.29, 1.82) is 0 Å². The largest absolute Gasteiger partial charge is 0.224 e. The van der Waals surface area contributed by atoms with Crippen LogP contribution in [-0.4, -0.2) is 14.2 Å². The van der Waals surface area contributed by atoms with Crippen LogP contribution in [0.4, 0.5) is 0 Å². The average Bonchev–Trinajstić information content (AvgIpc) is 2.17. The van der Waals surface area contributed by atoms with Gasteiger partial charge in [0, 0.05) is 1.59 Å². The Kier molecular flexibility index (Phi) is 5.72. The molecule has 0 bridgehead atoms. The second-order valence-electron chi connectivity index (χ2n) is 3.41. The van der Waals surface area contributed by atoms with Crippen LogP contribution < -0.4 is 0 Å². The van der Waals surface area contributed by atoms with Crippen molar-refractivity contribution in [3.63, 3.8) is 0 Å². The van der Waals surface area contributed by atoms with Gasteiger partial charge in [0.1, 0.15) is 0 Å². The molecule has 0 aromatic heterocycles. The third-order valence-electron chi connectivity index (χ3n) is 2.07. The van der Waals surface area contributed by atoms with Crippen LogP contribution in [0.5, 0.6) is 0 Å². The van der Waals surface area contributed by atoms with Gasteiger partial charge in [0.2, 0.25) is 0 Å². The standard InChI is InChI=1S/C11H12I2O2S/c1-9-4-6-10(7-5-9)16(14,15)8-2-3-11(12)13/h3-7H,2,8H2,1H3. The van der Waals surface area contributed by atoms with Gasteiger partial charge in [-0.3, -0.25) is 0 Å². The first kappa shape index (κ1) is 14.4. The predicted molar refractivity (Wildman–Crippen MR) is 84.0 cm³/mol. The predicted octanol–water partition coefficient (Wildman–Crippen LogP) is 3.87. The molecule has 0 aliphatic carbocycles. The van der Waals surface area contributed by atoms with Crippen LogP contribution in [0.25, 0.3) is 0 Å². The zero-order valence-corrected chi connectivity index (χ0v) is 13.9. The number of sulfone groups is 1. The quantitative estimate of drug-likeness (QED) is 0.638. The molecule has 1 rings (SSSR count). The van der Waals surface area contributed by atoms with E-state index in [9.17, 15) is 8.42 Å². The Labute approximate surface area is 124 Å². The maximum atomic E-state index is 11.9. The maximum Gasteiger partial charge on any atom is 0.178 e. The Morgan fingerprint density at radius 1 is 1.25 bits per heavy atom. The average molecular weight is 462 g/mol. The fourth-order valence-electron chi connectivity index (χ4n) is 1.19. The SMILES string of the molecule is Cc1ccc(S(=O)(=O)CCC=C(I)I)cc1. The van der Waals surface area contributed by atoms with Crippen molar-refractivity contribution in [1.82, 2.24) is 0 Å². The van der Waals surface area contributed by atoms with Gasteiger partial charge in [0.05, 0.1) is 10.6 Å². The Morgan fingerprint density at radius 3 is 2.31 bits per heavy atom. The van der Waals surface area contributed by atoms with E-state index in [0.717, 1.165) is 7.15 Å². The van der Waals surface area contributed by atoms with E-state index in [4.69, 9.17) is 0 Å². The molecule has 1 aromatic rings. The molecular formula is C11H12I2O2S. The second kappa shape index (κ2) is 6.34. The van der Waals surface area contributed by atoms with Crippen molar-refractivity contribution in [2.45, 2.75) is 18.2 Å². The Hall–Kier alpha value is 0.370. The summed E-state index contributed by atoms with van der Waals surface area (Å²) < 4.78 is 24.9. The molecule has 0 spiro atoms. The molecule has 0 atom stereocenters. The van der Waals surface area contributed by atoms with Crippen molar-refractivity contribution in [3.8, 4) is 0 Å². The second-order valence-corrected chi connectivity index (χ2v) is 9.91. The molecule has 0 fully saturated rings. The minimum absolute atomic E-state index is 0.172. The molecule has 0 amide bonds. The van der Waals surface area contributed by atoms with Crippen molar-refractivity contribution in [3.05, 3.63) is 37.5 Å². The van der Waals surface area contributed by atoms with E-state index in [-0.39, 0.29) is 5.75 Å². The Balaban J connectivity index is 2.78. The van der Waals surface area contributed by atoms with Gasteiger partial charge < -0.3 is 0 Å². The molecule has 0 saturated carbocycles. The van der Waals surface area contributed by atoms with Crippen molar-refractivity contribution in [2.75, 3.05) is 5.75 Å². The highest BCUT2D eigenvalue weighted by Gasteiger charge is 2.12. The lowest BCUT2D eigenvalue weighted by Gasteiger charge is -2.02. The van der Waals surface area contributed by atoms with E-state index >= 15 is 0 Å². The smallest absolute Gasteiger partial charge is 0.178 e. The van der Waals surface area contributed by atoms with Gasteiger partial charge in [-0.2, -0.15) is 0 Å². The van der Waals surface area contributed by atoms with Gasteiger partial charge in [0.15, 0.2) is 9.84 Å². The molecule has 0 unspecified atom stereocenters. The summed E-state index contributed by atoms with van der Waals surface area (Å²) in [6, 6.07) is 6.99. The molecular weight excluding hydrogens is 450 g/mol. The minimum Gasteiger partial charge on any atom is -0.224 e. The van der Waals surface area contributed by atoms with E-state index in [1.807, 2.05) is 25.1 Å². The number of halogens is 2. The van der Waals surface area contributed by atoms with Gasteiger partial charge in [-0.15, -0.1) is 0 Å². The molecule has 0 heterocycles. The number of hydrogen-bond donors (Lipinski definition) is 0. The number of aryl methyl sites for hydroxylation is 1. The molecule has 16 heavy (non-hydrogen) atoms. The topological polar surface area (TPSA) is 34.1 Å². The third kappa shape index (κ3) is 4.70. The first-order valence-corrected chi connectivity index (χ1v) is 8.53. The zero-order valence-electron chi connectivity index (χ0n) is 8.78. The molecule has 0 saturated heterocycles. The Bertz CT molecular complexity index is 471. The molecule has 1 aromatic carbocycles. The van der Waals surface area contributed by atoms with Crippen molar-refractivity contribution in [2.24, 2.45) is 0 Å². The minimum atomic E-state index is -3.12. The van der Waals surface area contributed by atoms with Crippen LogP contribution in [0, 0.1) is 6.92 Å². The molecule has 0 aliphatic heterocycles. The van der Waals surface area contributed by atoms with E-state index in [1.54, 1.807) is 12.1 Å². The molecule has 0 aliphatic rings. The van der Waals surface area contributed by atoms with Crippen LogP contribution in [0.3, 0.4) is 0 Å². The highest BCUT2D eigenvalue weighted by Crippen LogP contribution is 2.17. The summed E-state index contributed by atoms with van der Waals surface area (Å²) in [7, 11) is -3.12. The van der Waals surface area contributed by atoms with Crippen LogP contribution in [0.15, 0.2) is 36.8 Å². The fourth-order valence-corrected chi connectivity index (χ4v) is 3.02. The fraction of sp³-hybridized carbons (Fsp3) is 0.273. The summed E-state index contributed by atoms with van der Waals surface area (Å²) in [5, 5.41) is 0. The summed E-state index contributed by atoms with van der Waals surface area (Å²) in [5.41, 5.74) is 1.07. The number of allylic oxidation sites excluding steroid dienone is 1. The van der Waals surface area contributed by atoms with E-state index in [0.29, 0.717) is 11.3 Å².